The number of amides is 1. The molecule has 2 N–H and O–H groups in total. The van der Waals surface area contributed by atoms with Gasteiger partial charge in [-0.1, -0.05) is 6.07 Å². The summed E-state index contributed by atoms with van der Waals surface area (Å²) in [6, 6.07) is 14.0. The number of nitrogens with one attached hydrogen (secondary N) is 2. The molecule has 0 unspecified atom stereocenters. The van der Waals surface area contributed by atoms with Gasteiger partial charge in [0.05, 0.1) is 26.3 Å². The molecule has 2 aromatic carbocycles. The second kappa shape index (κ2) is 9.72. The van der Waals surface area contributed by atoms with Crippen LogP contribution in [0.4, 0.5) is 10.2 Å². The topological polar surface area (TPSA) is 79.5 Å². The first-order chi connectivity index (χ1) is 15.6. The predicted molar refractivity (Wildman–Crippen MR) is 121 cm³/mol. The van der Waals surface area contributed by atoms with E-state index in [1.165, 1.54) is 12.1 Å². The first kappa shape index (κ1) is 21.7. The SMILES string of the molecule is COc1ccc(CC(=O)NC2CCN(c3cc(-c4ccc(F)cc4)[nH]n3)CC2)cc1OC. The van der Waals surface area contributed by atoms with Crippen molar-refractivity contribution >= 4 is 11.7 Å². The van der Waals surface area contributed by atoms with E-state index < -0.39 is 0 Å². The second-order valence-electron chi connectivity index (χ2n) is 7.84. The van der Waals surface area contributed by atoms with Crippen LogP contribution < -0.4 is 19.7 Å². The van der Waals surface area contributed by atoms with Gasteiger partial charge in [-0.3, -0.25) is 9.89 Å². The summed E-state index contributed by atoms with van der Waals surface area (Å²) in [5, 5.41) is 10.6. The molecule has 0 spiro atoms. The minimum absolute atomic E-state index is 0.00552. The molecule has 0 atom stereocenters. The van der Waals surface area contributed by atoms with E-state index in [4.69, 9.17) is 9.47 Å². The molecule has 0 bridgehead atoms. The fourth-order valence-corrected chi connectivity index (χ4v) is 3.96. The minimum Gasteiger partial charge on any atom is -0.493 e. The van der Waals surface area contributed by atoms with Gasteiger partial charge in [0.1, 0.15) is 5.82 Å². The summed E-state index contributed by atoms with van der Waals surface area (Å²) in [6.45, 7) is 1.60. The third-order valence-corrected chi connectivity index (χ3v) is 5.72. The maximum Gasteiger partial charge on any atom is 0.224 e. The summed E-state index contributed by atoms with van der Waals surface area (Å²) < 4.78 is 23.7. The Bertz CT molecular complexity index is 1060. The number of rotatable bonds is 7. The molecule has 0 radical (unpaired) electrons. The van der Waals surface area contributed by atoms with Gasteiger partial charge in [0.2, 0.25) is 5.91 Å². The lowest BCUT2D eigenvalue weighted by molar-refractivity contribution is -0.121. The lowest BCUT2D eigenvalue weighted by Crippen LogP contribution is -2.45. The van der Waals surface area contributed by atoms with E-state index in [1.54, 1.807) is 26.4 Å². The van der Waals surface area contributed by atoms with Gasteiger partial charge < -0.3 is 19.7 Å². The highest BCUT2D eigenvalue weighted by Gasteiger charge is 2.22. The van der Waals surface area contributed by atoms with Crippen molar-refractivity contribution in [2.75, 3.05) is 32.2 Å². The van der Waals surface area contributed by atoms with Crippen LogP contribution in [0.1, 0.15) is 18.4 Å². The molecule has 1 amide bonds. The lowest BCUT2D eigenvalue weighted by Gasteiger charge is -2.32. The number of methoxy groups -OCH3 is 2. The Morgan fingerprint density at radius 1 is 1.09 bits per heavy atom. The van der Waals surface area contributed by atoms with Crippen molar-refractivity contribution in [3.63, 3.8) is 0 Å². The Hall–Kier alpha value is -3.55. The first-order valence-corrected chi connectivity index (χ1v) is 10.6. The molecule has 1 saturated heterocycles. The summed E-state index contributed by atoms with van der Waals surface area (Å²) in [4.78, 5) is 14.7. The quantitative estimate of drug-likeness (QED) is 0.590. The van der Waals surface area contributed by atoms with E-state index in [0.29, 0.717) is 17.9 Å². The molecule has 1 aliphatic heterocycles. The van der Waals surface area contributed by atoms with Crippen molar-refractivity contribution in [3.8, 4) is 22.8 Å². The van der Waals surface area contributed by atoms with Crippen molar-refractivity contribution < 1.29 is 18.7 Å². The van der Waals surface area contributed by atoms with Gasteiger partial charge in [-0.15, -0.1) is 0 Å². The van der Waals surface area contributed by atoms with Gasteiger partial charge in [0.15, 0.2) is 17.3 Å². The van der Waals surface area contributed by atoms with Gasteiger partial charge in [-0.25, -0.2) is 4.39 Å². The zero-order chi connectivity index (χ0) is 22.5. The molecule has 7 nitrogen and oxygen atoms in total. The van der Waals surface area contributed by atoms with E-state index in [9.17, 15) is 9.18 Å². The van der Waals surface area contributed by atoms with Gasteiger partial charge in [0, 0.05) is 25.2 Å². The summed E-state index contributed by atoms with van der Waals surface area (Å²) in [6.07, 6.45) is 1.98. The highest BCUT2D eigenvalue weighted by Crippen LogP contribution is 2.28. The number of hydrogen-bond acceptors (Lipinski definition) is 5. The number of H-pyrrole nitrogens is 1. The highest BCUT2D eigenvalue weighted by atomic mass is 19.1. The number of aromatic amines is 1. The fraction of sp³-hybridized carbons (Fsp3) is 0.333. The van der Waals surface area contributed by atoms with Crippen LogP contribution in [0.15, 0.2) is 48.5 Å². The number of ether oxygens (including phenoxy) is 2. The number of nitrogens with zero attached hydrogens (tertiary/aromatic N) is 2. The second-order valence-corrected chi connectivity index (χ2v) is 7.84. The molecule has 0 aliphatic carbocycles. The molecular weight excluding hydrogens is 411 g/mol. The van der Waals surface area contributed by atoms with Crippen LogP contribution >= 0.6 is 0 Å². The number of hydrogen-bond donors (Lipinski definition) is 2. The summed E-state index contributed by atoms with van der Waals surface area (Å²) in [7, 11) is 3.17. The van der Waals surface area contributed by atoms with E-state index in [0.717, 1.165) is 48.6 Å². The standard InChI is InChI=1S/C24H27FN4O3/c1-31-21-8-3-16(13-22(21)32-2)14-24(30)26-19-9-11-29(12-10-19)23-15-20(27-28-23)17-4-6-18(25)7-5-17/h3-8,13,15,19H,9-12,14H2,1-2H3,(H,26,30)(H,27,28). The average molecular weight is 439 g/mol. The van der Waals surface area contributed by atoms with Crippen LogP contribution in [0.25, 0.3) is 11.3 Å². The summed E-state index contributed by atoms with van der Waals surface area (Å²) in [5.41, 5.74) is 2.62. The molecule has 2 heterocycles. The molecule has 3 aromatic rings. The monoisotopic (exact) mass is 438 g/mol. The molecule has 8 heteroatoms. The molecule has 1 aromatic heterocycles. The van der Waals surface area contributed by atoms with Crippen LogP contribution in [0.2, 0.25) is 0 Å². The van der Waals surface area contributed by atoms with Gasteiger partial charge in [0.25, 0.3) is 0 Å². The summed E-state index contributed by atoms with van der Waals surface area (Å²) >= 11 is 0. The Balaban J connectivity index is 1.29. The van der Waals surface area contributed by atoms with Crippen molar-refractivity contribution in [1.82, 2.24) is 15.5 Å². The van der Waals surface area contributed by atoms with Crippen molar-refractivity contribution in [2.45, 2.75) is 25.3 Å². The maximum atomic E-state index is 13.1. The smallest absolute Gasteiger partial charge is 0.224 e. The third-order valence-electron chi connectivity index (χ3n) is 5.72. The van der Waals surface area contributed by atoms with E-state index in [1.807, 2.05) is 24.3 Å². The Kier molecular flexibility index (Phi) is 6.58. The molecule has 1 fully saturated rings. The van der Waals surface area contributed by atoms with Crippen molar-refractivity contribution in [3.05, 3.63) is 59.9 Å². The number of halogens is 1. The van der Waals surface area contributed by atoms with E-state index in [2.05, 4.69) is 20.4 Å². The number of carbonyl (C=O) groups excluding carboxylic acids is 1. The third kappa shape index (κ3) is 5.01. The Morgan fingerprint density at radius 2 is 1.81 bits per heavy atom. The summed E-state index contributed by atoms with van der Waals surface area (Å²) in [5.74, 6) is 1.85. The first-order valence-electron chi connectivity index (χ1n) is 10.6. The number of carbonyl (C=O) groups is 1. The van der Waals surface area contributed by atoms with Crippen LogP contribution in [0.5, 0.6) is 11.5 Å². The zero-order valence-electron chi connectivity index (χ0n) is 18.2. The molecule has 32 heavy (non-hydrogen) atoms. The molecule has 0 saturated carbocycles. The van der Waals surface area contributed by atoms with Crippen LogP contribution in [0.3, 0.4) is 0 Å². The fourth-order valence-electron chi connectivity index (χ4n) is 3.96. The predicted octanol–water partition coefficient (Wildman–Crippen LogP) is 3.56. The maximum absolute atomic E-state index is 13.1. The minimum atomic E-state index is -0.260. The Labute approximate surface area is 186 Å². The molecule has 1 aliphatic rings. The number of anilines is 1. The number of piperidine rings is 1. The van der Waals surface area contributed by atoms with Crippen LogP contribution in [-0.4, -0.2) is 49.5 Å². The zero-order valence-corrected chi connectivity index (χ0v) is 18.2. The number of benzene rings is 2. The van der Waals surface area contributed by atoms with Gasteiger partial charge in [-0.2, -0.15) is 5.10 Å². The van der Waals surface area contributed by atoms with Gasteiger partial charge >= 0.3 is 0 Å². The van der Waals surface area contributed by atoms with Gasteiger partial charge in [-0.05, 0) is 60.4 Å². The normalized spacial score (nSPS) is 14.3. The van der Waals surface area contributed by atoms with Crippen LogP contribution in [0, 0.1) is 5.82 Å². The highest BCUT2D eigenvalue weighted by molar-refractivity contribution is 5.79. The molecule has 168 valence electrons. The average Bonchev–Trinajstić information content (AvgIpc) is 3.30. The largest absolute Gasteiger partial charge is 0.493 e. The van der Waals surface area contributed by atoms with E-state index >= 15 is 0 Å². The number of aromatic nitrogens is 2. The molecular formula is C24H27FN4O3. The molecule has 4 rings (SSSR count). The van der Waals surface area contributed by atoms with E-state index in [-0.39, 0.29) is 17.8 Å². The Morgan fingerprint density at radius 3 is 2.50 bits per heavy atom. The van der Waals surface area contributed by atoms with Crippen molar-refractivity contribution in [1.29, 1.82) is 0 Å². The lowest BCUT2D eigenvalue weighted by atomic mass is 10.0. The van der Waals surface area contributed by atoms with Crippen LogP contribution in [-0.2, 0) is 11.2 Å². The van der Waals surface area contributed by atoms with Crippen molar-refractivity contribution in [2.24, 2.45) is 0 Å².